The van der Waals surface area contributed by atoms with E-state index >= 15 is 0 Å². The maximum absolute atomic E-state index is 6.13. The van der Waals surface area contributed by atoms with Gasteiger partial charge in [-0.2, -0.15) is 5.10 Å². The van der Waals surface area contributed by atoms with Crippen LogP contribution in [-0.2, 0) is 11.5 Å². The molecule has 0 amide bonds. The van der Waals surface area contributed by atoms with Gasteiger partial charge in [-0.1, -0.05) is 23.7 Å². The van der Waals surface area contributed by atoms with Crippen LogP contribution in [0.4, 0.5) is 0 Å². The minimum absolute atomic E-state index is 0.162. The van der Waals surface area contributed by atoms with Crippen molar-refractivity contribution in [3.05, 3.63) is 40.9 Å². The molecule has 5 nitrogen and oxygen atoms in total. The van der Waals surface area contributed by atoms with Crippen molar-refractivity contribution in [2.45, 2.75) is 6.73 Å². The van der Waals surface area contributed by atoms with Crippen LogP contribution in [0.2, 0.25) is 10.3 Å². The van der Waals surface area contributed by atoms with Crippen LogP contribution in [0.5, 0.6) is 0 Å². The third kappa shape index (κ3) is 2.35. The Hall–Kier alpha value is -1.69. The van der Waals surface area contributed by atoms with Gasteiger partial charge in [-0.3, -0.25) is 0 Å². The maximum atomic E-state index is 6.13. The number of fused-ring (bicyclic) bond motifs is 1. The van der Waals surface area contributed by atoms with Gasteiger partial charge in [0.2, 0.25) is 5.28 Å². The van der Waals surface area contributed by atoms with Gasteiger partial charge in [-0.15, -0.1) is 0 Å². The van der Waals surface area contributed by atoms with Crippen LogP contribution in [0, 0.1) is 0 Å². The second kappa shape index (κ2) is 5.36. The molecule has 0 saturated carbocycles. The summed E-state index contributed by atoms with van der Waals surface area (Å²) < 4.78 is 6.87. The Morgan fingerprint density at radius 1 is 1.25 bits per heavy atom. The molecular weight excluding hydrogens is 299 g/mol. The molecule has 0 aliphatic heterocycles. The van der Waals surface area contributed by atoms with Crippen molar-refractivity contribution in [3.63, 3.8) is 0 Å². The monoisotopic (exact) mass is 308 g/mol. The highest BCUT2D eigenvalue weighted by atomic mass is 35.5. The molecule has 2 heterocycles. The standard InChI is InChI=1S/C13H10Cl2N4O/c1-20-7-19-11-4-8(2-3-9(11)5-17-19)12-10(14)6-16-13(15)18-12/h2-6H,7H2,1H3. The summed E-state index contributed by atoms with van der Waals surface area (Å²) >= 11 is 12.0. The lowest BCUT2D eigenvalue weighted by Crippen LogP contribution is -2.01. The first-order valence-corrected chi connectivity index (χ1v) is 6.57. The summed E-state index contributed by atoms with van der Waals surface area (Å²) in [7, 11) is 1.62. The van der Waals surface area contributed by atoms with Gasteiger partial charge in [0, 0.05) is 18.1 Å². The summed E-state index contributed by atoms with van der Waals surface area (Å²) in [5, 5.41) is 5.89. The van der Waals surface area contributed by atoms with Crippen LogP contribution < -0.4 is 0 Å². The van der Waals surface area contributed by atoms with Gasteiger partial charge in [0.05, 0.1) is 28.6 Å². The molecule has 3 rings (SSSR count). The summed E-state index contributed by atoms with van der Waals surface area (Å²) in [6.45, 7) is 0.380. The van der Waals surface area contributed by atoms with Gasteiger partial charge >= 0.3 is 0 Å². The minimum atomic E-state index is 0.162. The molecule has 0 spiro atoms. The van der Waals surface area contributed by atoms with Gasteiger partial charge in [0.15, 0.2) is 0 Å². The predicted octanol–water partition coefficient (Wildman–Crippen LogP) is 3.40. The molecule has 0 N–H and O–H groups in total. The van der Waals surface area contributed by atoms with Crippen LogP contribution in [0.15, 0.2) is 30.6 Å². The molecule has 3 aromatic rings. The fraction of sp³-hybridized carbons (Fsp3) is 0.154. The predicted molar refractivity (Wildman–Crippen MR) is 77.8 cm³/mol. The zero-order chi connectivity index (χ0) is 14.1. The van der Waals surface area contributed by atoms with E-state index in [0.717, 1.165) is 16.5 Å². The number of aromatic nitrogens is 4. The van der Waals surface area contributed by atoms with E-state index in [1.165, 1.54) is 6.20 Å². The molecule has 0 aliphatic rings. The molecule has 0 bridgehead atoms. The van der Waals surface area contributed by atoms with E-state index in [2.05, 4.69) is 15.1 Å². The highest BCUT2D eigenvalue weighted by Gasteiger charge is 2.10. The summed E-state index contributed by atoms with van der Waals surface area (Å²) in [5.74, 6) is 0. The number of ether oxygens (including phenoxy) is 1. The molecule has 0 aliphatic carbocycles. The van der Waals surface area contributed by atoms with E-state index < -0.39 is 0 Å². The average molecular weight is 309 g/mol. The molecule has 0 atom stereocenters. The quantitative estimate of drug-likeness (QED) is 0.696. The molecule has 7 heteroatoms. The topological polar surface area (TPSA) is 52.8 Å². The fourth-order valence-corrected chi connectivity index (χ4v) is 2.32. The number of methoxy groups -OCH3 is 1. The summed E-state index contributed by atoms with van der Waals surface area (Å²) in [6, 6.07) is 5.83. The molecule has 102 valence electrons. The van der Waals surface area contributed by atoms with Crippen LogP contribution in [0.1, 0.15) is 0 Å². The van der Waals surface area contributed by atoms with E-state index in [-0.39, 0.29) is 5.28 Å². The smallest absolute Gasteiger partial charge is 0.222 e. The van der Waals surface area contributed by atoms with E-state index in [1.54, 1.807) is 18.0 Å². The Kier molecular flexibility index (Phi) is 3.56. The van der Waals surface area contributed by atoms with Crippen LogP contribution >= 0.6 is 23.2 Å². The van der Waals surface area contributed by atoms with Gasteiger partial charge in [-0.05, 0) is 17.7 Å². The van der Waals surface area contributed by atoms with Crippen LogP contribution in [-0.4, -0.2) is 26.9 Å². The van der Waals surface area contributed by atoms with Gasteiger partial charge in [0.1, 0.15) is 6.73 Å². The average Bonchev–Trinajstić information content (AvgIpc) is 2.84. The zero-order valence-electron chi connectivity index (χ0n) is 10.5. The van der Waals surface area contributed by atoms with Crippen molar-refractivity contribution in [2.75, 3.05) is 7.11 Å². The molecule has 0 radical (unpaired) electrons. The van der Waals surface area contributed by atoms with E-state index in [9.17, 15) is 0 Å². The lowest BCUT2D eigenvalue weighted by atomic mass is 10.1. The lowest BCUT2D eigenvalue weighted by molar-refractivity contribution is 0.124. The number of nitrogens with zero attached hydrogens (tertiary/aromatic N) is 4. The highest BCUT2D eigenvalue weighted by molar-refractivity contribution is 6.33. The molecular formula is C13H10Cl2N4O. The number of hydrogen-bond acceptors (Lipinski definition) is 4. The number of halogens is 2. The van der Waals surface area contributed by atoms with E-state index in [1.807, 2.05) is 18.2 Å². The van der Waals surface area contributed by atoms with Crippen molar-refractivity contribution < 1.29 is 4.74 Å². The van der Waals surface area contributed by atoms with E-state index in [0.29, 0.717) is 17.4 Å². The first-order chi connectivity index (χ1) is 9.69. The second-order valence-corrected chi connectivity index (χ2v) is 4.92. The largest absolute Gasteiger partial charge is 0.362 e. The van der Waals surface area contributed by atoms with Crippen molar-refractivity contribution in [1.29, 1.82) is 0 Å². The van der Waals surface area contributed by atoms with Crippen molar-refractivity contribution in [3.8, 4) is 11.3 Å². The number of rotatable bonds is 3. The Bertz CT molecular complexity index is 772. The summed E-state index contributed by atoms with van der Waals surface area (Å²) in [5.41, 5.74) is 2.39. The highest BCUT2D eigenvalue weighted by Crippen LogP contribution is 2.28. The first-order valence-electron chi connectivity index (χ1n) is 5.82. The number of benzene rings is 1. The van der Waals surface area contributed by atoms with Gasteiger partial charge in [0.25, 0.3) is 0 Å². The first kappa shape index (κ1) is 13.3. The van der Waals surface area contributed by atoms with Crippen molar-refractivity contribution in [1.82, 2.24) is 19.7 Å². The Balaban J connectivity index is 2.16. The third-order valence-corrected chi connectivity index (χ3v) is 3.34. The third-order valence-electron chi connectivity index (χ3n) is 2.88. The molecule has 0 saturated heterocycles. The minimum Gasteiger partial charge on any atom is -0.362 e. The lowest BCUT2D eigenvalue weighted by Gasteiger charge is -2.06. The summed E-state index contributed by atoms with van der Waals surface area (Å²) in [4.78, 5) is 8.02. The van der Waals surface area contributed by atoms with Gasteiger partial charge < -0.3 is 4.74 Å². The molecule has 1 aromatic carbocycles. The SMILES string of the molecule is COCn1ncc2ccc(-c3nc(Cl)ncc3Cl)cc21. The Morgan fingerprint density at radius 2 is 2.10 bits per heavy atom. The molecule has 20 heavy (non-hydrogen) atoms. The summed E-state index contributed by atoms with van der Waals surface area (Å²) in [6.07, 6.45) is 3.27. The zero-order valence-corrected chi connectivity index (χ0v) is 12.1. The second-order valence-electron chi connectivity index (χ2n) is 4.17. The van der Waals surface area contributed by atoms with Crippen LogP contribution in [0.3, 0.4) is 0 Å². The van der Waals surface area contributed by atoms with Crippen molar-refractivity contribution in [2.24, 2.45) is 0 Å². The fourth-order valence-electron chi connectivity index (χ4n) is 1.99. The molecule has 0 fully saturated rings. The Labute approximate surface area is 125 Å². The van der Waals surface area contributed by atoms with E-state index in [4.69, 9.17) is 27.9 Å². The molecule has 0 unspecified atom stereocenters. The van der Waals surface area contributed by atoms with Crippen molar-refractivity contribution >= 4 is 34.1 Å². The molecule has 2 aromatic heterocycles. The van der Waals surface area contributed by atoms with Crippen LogP contribution in [0.25, 0.3) is 22.2 Å². The van der Waals surface area contributed by atoms with Gasteiger partial charge in [-0.25, -0.2) is 14.6 Å². The number of hydrogen-bond donors (Lipinski definition) is 0. The normalized spacial score (nSPS) is 11.2. The maximum Gasteiger partial charge on any atom is 0.222 e. The Morgan fingerprint density at radius 3 is 2.90 bits per heavy atom.